The first kappa shape index (κ1) is 15.9. The highest BCUT2D eigenvalue weighted by atomic mass is 35.5. The number of nitrogens with zero attached hydrogens (tertiary/aromatic N) is 1. The molecule has 0 aliphatic heterocycles. The summed E-state index contributed by atoms with van der Waals surface area (Å²) in [5.74, 6) is 0.123. The summed E-state index contributed by atoms with van der Waals surface area (Å²) in [5, 5.41) is 12.4. The molecule has 2 aromatic carbocycles. The van der Waals surface area contributed by atoms with Gasteiger partial charge in [-0.25, -0.2) is 0 Å². The molecule has 2 aromatic rings. The van der Waals surface area contributed by atoms with Gasteiger partial charge >= 0.3 is 0 Å². The number of para-hydroxylation sites is 1. The van der Waals surface area contributed by atoms with E-state index in [1.807, 2.05) is 24.3 Å². The lowest BCUT2D eigenvalue weighted by atomic mass is 10.2. The van der Waals surface area contributed by atoms with Gasteiger partial charge in [0.25, 0.3) is 5.91 Å². The molecule has 22 heavy (non-hydrogen) atoms. The number of benzene rings is 2. The van der Waals surface area contributed by atoms with Crippen LogP contribution < -0.4 is 10.1 Å². The van der Waals surface area contributed by atoms with E-state index in [2.05, 4.69) is 5.32 Å². The van der Waals surface area contributed by atoms with Gasteiger partial charge in [0.1, 0.15) is 11.8 Å². The van der Waals surface area contributed by atoms with Crippen LogP contribution in [0.15, 0.2) is 48.5 Å². The highest BCUT2D eigenvalue weighted by Crippen LogP contribution is 2.18. The molecule has 2 rings (SSSR count). The van der Waals surface area contributed by atoms with E-state index in [0.717, 1.165) is 5.56 Å². The predicted molar refractivity (Wildman–Crippen MR) is 84.5 cm³/mol. The predicted octanol–water partition coefficient (Wildman–Crippen LogP) is 3.30. The van der Waals surface area contributed by atoms with E-state index in [-0.39, 0.29) is 5.91 Å². The van der Waals surface area contributed by atoms with Crippen LogP contribution in [0.3, 0.4) is 0 Å². The second kappa shape index (κ2) is 7.48. The molecule has 0 saturated carbocycles. The summed E-state index contributed by atoms with van der Waals surface area (Å²) < 4.78 is 5.55. The second-order valence-corrected chi connectivity index (χ2v) is 5.08. The van der Waals surface area contributed by atoms with Crippen LogP contribution in [0.1, 0.15) is 18.1 Å². The molecule has 0 aromatic heterocycles. The van der Waals surface area contributed by atoms with Crippen molar-refractivity contribution in [3.63, 3.8) is 0 Å². The molecule has 0 spiro atoms. The third-order valence-corrected chi connectivity index (χ3v) is 3.46. The summed E-state index contributed by atoms with van der Waals surface area (Å²) in [6.07, 6.45) is -0.711. The molecule has 1 amide bonds. The van der Waals surface area contributed by atoms with Crippen molar-refractivity contribution in [1.29, 1.82) is 5.26 Å². The van der Waals surface area contributed by atoms with Crippen LogP contribution in [0.25, 0.3) is 0 Å². The highest BCUT2D eigenvalue weighted by molar-refractivity contribution is 6.31. The number of carbonyl (C=O) groups is 1. The summed E-state index contributed by atoms with van der Waals surface area (Å²) in [6.45, 7) is 1.96. The monoisotopic (exact) mass is 314 g/mol. The Kier molecular flexibility index (Phi) is 5.40. The van der Waals surface area contributed by atoms with Crippen molar-refractivity contribution in [2.45, 2.75) is 19.6 Å². The van der Waals surface area contributed by atoms with Crippen molar-refractivity contribution in [1.82, 2.24) is 5.32 Å². The van der Waals surface area contributed by atoms with Gasteiger partial charge in [-0.05, 0) is 30.7 Å². The first-order valence-corrected chi connectivity index (χ1v) is 7.16. The fraction of sp³-hybridized carbons (Fsp3) is 0.176. The molecule has 0 heterocycles. The van der Waals surface area contributed by atoms with E-state index in [4.69, 9.17) is 21.6 Å². The van der Waals surface area contributed by atoms with E-state index < -0.39 is 6.10 Å². The fourth-order valence-corrected chi connectivity index (χ4v) is 2.08. The van der Waals surface area contributed by atoms with Gasteiger partial charge in [-0.2, -0.15) is 5.26 Å². The minimum Gasteiger partial charge on any atom is -0.480 e. The van der Waals surface area contributed by atoms with Crippen molar-refractivity contribution in [2.75, 3.05) is 0 Å². The molecular weight excluding hydrogens is 300 g/mol. The summed E-state index contributed by atoms with van der Waals surface area (Å²) in [5.41, 5.74) is 1.23. The molecule has 5 heteroatoms. The summed E-state index contributed by atoms with van der Waals surface area (Å²) in [7, 11) is 0. The number of amides is 1. The molecule has 4 nitrogen and oxygen atoms in total. The van der Waals surface area contributed by atoms with Gasteiger partial charge in [-0.1, -0.05) is 41.9 Å². The number of hydrogen-bond donors (Lipinski definition) is 1. The van der Waals surface area contributed by atoms with Crippen LogP contribution in [0.2, 0.25) is 5.02 Å². The van der Waals surface area contributed by atoms with Crippen molar-refractivity contribution in [2.24, 2.45) is 0 Å². The Bertz CT molecular complexity index is 710. The molecular formula is C17H15ClN2O2. The zero-order valence-corrected chi connectivity index (χ0v) is 12.8. The van der Waals surface area contributed by atoms with Crippen molar-refractivity contribution >= 4 is 17.5 Å². The van der Waals surface area contributed by atoms with Crippen molar-refractivity contribution < 1.29 is 9.53 Å². The molecule has 112 valence electrons. The highest BCUT2D eigenvalue weighted by Gasteiger charge is 2.16. The van der Waals surface area contributed by atoms with E-state index in [9.17, 15) is 4.79 Å². The van der Waals surface area contributed by atoms with Crippen molar-refractivity contribution in [3.8, 4) is 11.8 Å². The lowest BCUT2D eigenvalue weighted by molar-refractivity contribution is -0.127. The smallest absolute Gasteiger partial charge is 0.261 e. The summed E-state index contributed by atoms with van der Waals surface area (Å²) >= 11 is 6.04. The lowest BCUT2D eigenvalue weighted by Gasteiger charge is -2.15. The molecule has 1 unspecified atom stereocenters. The Balaban J connectivity index is 1.95. The fourth-order valence-electron chi connectivity index (χ4n) is 1.87. The van der Waals surface area contributed by atoms with Gasteiger partial charge in [0.2, 0.25) is 0 Å². The number of nitriles is 1. The Labute approximate surface area is 134 Å². The average molecular weight is 315 g/mol. The number of ether oxygens (including phenoxy) is 1. The zero-order chi connectivity index (χ0) is 15.9. The molecule has 0 bridgehead atoms. The van der Waals surface area contributed by atoms with Gasteiger partial charge in [0.05, 0.1) is 5.56 Å². The minimum absolute atomic E-state index is 0.271. The average Bonchev–Trinajstić information content (AvgIpc) is 2.54. The maximum atomic E-state index is 12.1. The quantitative estimate of drug-likeness (QED) is 0.921. The maximum Gasteiger partial charge on any atom is 0.261 e. The number of carbonyl (C=O) groups excluding carboxylic acids is 1. The minimum atomic E-state index is -0.711. The van der Waals surface area contributed by atoms with Gasteiger partial charge in [-0.15, -0.1) is 0 Å². The van der Waals surface area contributed by atoms with Crippen LogP contribution in [0.5, 0.6) is 5.75 Å². The largest absolute Gasteiger partial charge is 0.480 e. The van der Waals surface area contributed by atoms with Crippen LogP contribution in [0, 0.1) is 11.3 Å². The molecule has 0 fully saturated rings. The zero-order valence-electron chi connectivity index (χ0n) is 12.0. The third-order valence-electron chi connectivity index (χ3n) is 3.09. The maximum absolute atomic E-state index is 12.1. The van der Waals surface area contributed by atoms with Crippen LogP contribution in [0.4, 0.5) is 0 Å². The number of nitrogens with one attached hydrogen (secondary N) is 1. The Morgan fingerprint density at radius 1 is 1.27 bits per heavy atom. The Morgan fingerprint density at radius 3 is 2.68 bits per heavy atom. The first-order valence-electron chi connectivity index (χ1n) is 6.78. The van der Waals surface area contributed by atoms with Crippen LogP contribution in [-0.4, -0.2) is 12.0 Å². The van der Waals surface area contributed by atoms with Gasteiger partial charge in [0.15, 0.2) is 6.10 Å². The van der Waals surface area contributed by atoms with Gasteiger partial charge in [0, 0.05) is 11.6 Å². The second-order valence-electron chi connectivity index (χ2n) is 4.68. The molecule has 0 aliphatic rings. The molecule has 1 atom stereocenters. The van der Waals surface area contributed by atoms with E-state index in [1.54, 1.807) is 37.3 Å². The topological polar surface area (TPSA) is 62.1 Å². The molecule has 0 aliphatic carbocycles. The molecule has 0 saturated heterocycles. The first-order chi connectivity index (χ1) is 10.6. The van der Waals surface area contributed by atoms with E-state index in [0.29, 0.717) is 22.9 Å². The lowest BCUT2D eigenvalue weighted by Crippen LogP contribution is -2.36. The Hall–Kier alpha value is -2.51. The molecule has 0 radical (unpaired) electrons. The standard InChI is InChI=1S/C17H15ClN2O2/c1-12(22-16-9-5-3-6-13(16)10-19)17(21)20-11-14-7-2-4-8-15(14)18/h2-9,12H,11H2,1H3,(H,20,21). The normalized spacial score (nSPS) is 11.3. The number of rotatable bonds is 5. The van der Waals surface area contributed by atoms with E-state index in [1.165, 1.54) is 0 Å². The molecule has 1 N–H and O–H groups in total. The van der Waals surface area contributed by atoms with Gasteiger partial charge < -0.3 is 10.1 Å². The number of hydrogen-bond acceptors (Lipinski definition) is 3. The van der Waals surface area contributed by atoms with Crippen molar-refractivity contribution in [3.05, 3.63) is 64.7 Å². The summed E-state index contributed by atoms with van der Waals surface area (Å²) in [4.78, 5) is 12.1. The number of halogens is 1. The SMILES string of the molecule is CC(Oc1ccccc1C#N)C(=O)NCc1ccccc1Cl. The Morgan fingerprint density at radius 2 is 1.95 bits per heavy atom. The van der Waals surface area contributed by atoms with Gasteiger partial charge in [-0.3, -0.25) is 4.79 Å². The third kappa shape index (κ3) is 4.00. The van der Waals surface area contributed by atoms with Crippen LogP contribution >= 0.6 is 11.6 Å². The summed E-state index contributed by atoms with van der Waals surface area (Å²) in [6, 6.07) is 16.1. The van der Waals surface area contributed by atoms with Crippen LogP contribution in [-0.2, 0) is 11.3 Å². The van der Waals surface area contributed by atoms with E-state index >= 15 is 0 Å².